The second-order valence-electron chi connectivity index (χ2n) is 4.52. The van der Waals surface area contributed by atoms with Crippen molar-refractivity contribution in [3.8, 4) is 0 Å². The Hall–Kier alpha value is -0.920. The van der Waals surface area contributed by atoms with Crippen LogP contribution in [0.1, 0.15) is 31.7 Å². The summed E-state index contributed by atoms with van der Waals surface area (Å²) in [5, 5.41) is 4.32. The van der Waals surface area contributed by atoms with Gasteiger partial charge in [0, 0.05) is 20.6 Å². The molecule has 0 fully saturated rings. The van der Waals surface area contributed by atoms with Crippen LogP contribution >= 0.6 is 0 Å². The van der Waals surface area contributed by atoms with E-state index in [0.717, 1.165) is 5.69 Å². The van der Waals surface area contributed by atoms with Crippen molar-refractivity contribution in [1.82, 2.24) is 14.1 Å². The van der Waals surface area contributed by atoms with E-state index in [2.05, 4.69) is 5.10 Å². The SMILES string of the molecule is CCc1nn(C)c(CC)c1S(=O)(=O)N(C)CCCN. The van der Waals surface area contributed by atoms with Gasteiger partial charge in [-0.05, 0) is 25.8 Å². The molecular formula is C12H24N4O2S. The lowest BCUT2D eigenvalue weighted by Crippen LogP contribution is -2.30. The third-order valence-electron chi connectivity index (χ3n) is 3.20. The number of aryl methyl sites for hydroxylation is 2. The molecular weight excluding hydrogens is 264 g/mol. The van der Waals surface area contributed by atoms with Gasteiger partial charge in [-0.3, -0.25) is 4.68 Å². The first-order chi connectivity index (χ1) is 8.89. The molecule has 0 saturated heterocycles. The summed E-state index contributed by atoms with van der Waals surface area (Å²) in [4.78, 5) is 0.375. The van der Waals surface area contributed by atoms with Crippen LogP contribution in [0.4, 0.5) is 0 Å². The van der Waals surface area contributed by atoms with Crippen LogP contribution in [0, 0.1) is 0 Å². The Balaban J connectivity index is 3.27. The molecule has 1 rings (SSSR count). The lowest BCUT2D eigenvalue weighted by molar-refractivity contribution is 0.462. The van der Waals surface area contributed by atoms with Crippen molar-refractivity contribution in [2.45, 2.75) is 38.0 Å². The van der Waals surface area contributed by atoms with Gasteiger partial charge in [0.05, 0.1) is 11.4 Å². The van der Waals surface area contributed by atoms with E-state index < -0.39 is 10.0 Å². The first-order valence-corrected chi connectivity index (χ1v) is 8.05. The molecule has 7 heteroatoms. The minimum absolute atomic E-state index is 0.375. The molecule has 1 aromatic rings. The third kappa shape index (κ3) is 3.16. The predicted octanol–water partition coefficient (Wildman–Crippen LogP) is 0.514. The molecule has 0 atom stereocenters. The van der Waals surface area contributed by atoms with Gasteiger partial charge in [0.1, 0.15) is 4.90 Å². The van der Waals surface area contributed by atoms with Gasteiger partial charge in [0.25, 0.3) is 0 Å². The molecule has 0 aliphatic carbocycles. The standard InChI is InChI=1S/C12H24N4O2S/c1-5-10-12(11(6-2)16(4)14-10)19(17,18)15(3)9-7-8-13/h5-9,13H2,1-4H3. The molecule has 6 nitrogen and oxygen atoms in total. The van der Waals surface area contributed by atoms with Crippen molar-refractivity contribution in [2.75, 3.05) is 20.1 Å². The highest BCUT2D eigenvalue weighted by atomic mass is 32.2. The van der Waals surface area contributed by atoms with Crippen LogP contribution in [0.5, 0.6) is 0 Å². The van der Waals surface area contributed by atoms with E-state index in [4.69, 9.17) is 5.73 Å². The minimum Gasteiger partial charge on any atom is -0.330 e. The number of aromatic nitrogens is 2. The van der Waals surface area contributed by atoms with Gasteiger partial charge in [-0.15, -0.1) is 0 Å². The van der Waals surface area contributed by atoms with Crippen molar-refractivity contribution >= 4 is 10.0 Å². The number of rotatable bonds is 7. The zero-order valence-corrected chi connectivity index (χ0v) is 13.0. The van der Waals surface area contributed by atoms with Crippen LogP contribution in [0.2, 0.25) is 0 Å². The second kappa shape index (κ2) is 6.49. The predicted molar refractivity (Wildman–Crippen MR) is 75.5 cm³/mol. The molecule has 2 N–H and O–H groups in total. The summed E-state index contributed by atoms with van der Waals surface area (Å²) in [7, 11) is -0.0988. The smallest absolute Gasteiger partial charge is 0.246 e. The Morgan fingerprint density at radius 3 is 2.42 bits per heavy atom. The fraction of sp³-hybridized carbons (Fsp3) is 0.750. The molecule has 0 radical (unpaired) electrons. The van der Waals surface area contributed by atoms with E-state index >= 15 is 0 Å². The van der Waals surface area contributed by atoms with Gasteiger partial charge in [0.15, 0.2) is 0 Å². The maximum absolute atomic E-state index is 12.6. The van der Waals surface area contributed by atoms with Crippen molar-refractivity contribution in [1.29, 1.82) is 0 Å². The van der Waals surface area contributed by atoms with Crippen LogP contribution in [0.3, 0.4) is 0 Å². The van der Waals surface area contributed by atoms with E-state index in [1.54, 1.807) is 18.8 Å². The van der Waals surface area contributed by atoms with Gasteiger partial charge in [-0.1, -0.05) is 13.8 Å². The summed E-state index contributed by atoms with van der Waals surface area (Å²) in [5.41, 5.74) is 6.84. The van der Waals surface area contributed by atoms with Crippen LogP contribution < -0.4 is 5.73 Å². The van der Waals surface area contributed by atoms with Crippen molar-refractivity contribution in [3.63, 3.8) is 0 Å². The zero-order chi connectivity index (χ0) is 14.6. The maximum Gasteiger partial charge on any atom is 0.246 e. The Labute approximate surface area is 115 Å². The molecule has 1 heterocycles. The Morgan fingerprint density at radius 1 is 1.32 bits per heavy atom. The molecule has 0 aromatic carbocycles. The topological polar surface area (TPSA) is 81.2 Å². The van der Waals surface area contributed by atoms with E-state index in [1.165, 1.54) is 4.31 Å². The molecule has 0 amide bonds. The first-order valence-electron chi connectivity index (χ1n) is 6.61. The van der Waals surface area contributed by atoms with Crippen LogP contribution in [-0.2, 0) is 29.9 Å². The quantitative estimate of drug-likeness (QED) is 0.793. The molecule has 19 heavy (non-hydrogen) atoms. The fourth-order valence-corrected chi connectivity index (χ4v) is 3.85. The van der Waals surface area contributed by atoms with E-state index in [0.29, 0.717) is 42.9 Å². The van der Waals surface area contributed by atoms with Crippen molar-refractivity contribution < 1.29 is 8.42 Å². The van der Waals surface area contributed by atoms with E-state index in [9.17, 15) is 8.42 Å². The van der Waals surface area contributed by atoms with Crippen LogP contribution in [0.15, 0.2) is 4.90 Å². The average Bonchev–Trinajstić information content (AvgIpc) is 2.72. The van der Waals surface area contributed by atoms with Gasteiger partial charge in [-0.2, -0.15) is 5.10 Å². The lowest BCUT2D eigenvalue weighted by atomic mass is 10.2. The summed E-state index contributed by atoms with van der Waals surface area (Å²) in [6.07, 6.45) is 1.90. The Morgan fingerprint density at radius 2 is 1.95 bits per heavy atom. The minimum atomic E-state index is -3.48. The monoisotopic (exact) mass is 288 g/mol. The molecule has 110 valence electrons. The normalized spacial score (nSPS) is 12.3. The molecule has 0 unspecified atom stereocenters. The van der Waals surface area contributed by atoms with Gasteiger partial charge in [-0.25, -0.2) is 12.7 Å². The summed E-state index contributed by atoms with van der Waals surface area (Å²) >= 11 is 0. The first kappa shape index (κ1) is 16.1. The molecule has 0 aliphatic rings. The van der Waals surface area contributed by atoms with Crippen LogP contribution in [-0.4, -0.2) is 42.6 Å². The largest absolute Gasteiger partial charge is 0.330 e. The molecule has 0 bridgehead atoms. The Bertz CT molecular complexity index is 522. The molecule has 0 spiro atoms. The highest BCUT2D eigenvalue weighted by Crippen LogP contribution is 2.24. The van der Waals surface area contributed by atoms with Crippen molar-refractivity contribution in [2.24, 2.45) is 12.8 Å². The summed E-state index contributed by atoms with van der Waals surface area (Å²) in [5.74, 6) is 0. The second-order valence-corrected chi connectivity index (χ2v) is 6.50. The number of nitrogens with two attached hydrogens (primary N) is 1. The Kier molecular flexibility index (Phi) is 5.51. The lowest BCUT2D eigenvalue weighted by Gasteiger charge is -2.17. The zero-order valence-electron chi connectivity index (χ0n) is 12.2. The van der Waals surface area contributed by atoms with E-state index in [1.807, 2.05) is 13.8 Å². The number of hydrogen-bond donors (Lipinski definition) is 1. The van der Waals surface area contributed by atoms with Gasteiger partial charge >= 0.3 is 0 Å². The maximum atomic E-state index is 12.6. The summed E-state index contributed by atoms with van der Waals surface area (Å²) < 4.78 is 28.3. The highest BCUT2D eigenvalue weighted by molar-refractivity contribution is 7.89. The molecule has 0 saturated carbocycles. The van der Waals surface area contributed by atoms with Gasteiger partial charge < -0.3 is 5.73 Å². The number of sulfonamides is 1. The molecule has 1 aromatic heterocycles. The van der Waals surface area contributed by atoms with Crippen LogP contribution in [0.25, 0.3) is 0 Å². The van der Waals surface area contributed by atoms with Crippen molar-refractivity contribution in [3.05, 3.63) is 11.4 Å². The summed E-state index contributed by atoms with van der Waals surface area (Å²) in [6, 6.07) is 0. The fourth-order valence-electron chi connectivity index (χ4n) is 2.11. The molecule has 0 aliphatic heterocycles. The average molecular weight is 288 g/mol. The number of hydrogen-bond acceptors (Lipinski definition) is 4. The van der Waals surface area contributed by atoms with Gasteiger partial charge in [0.2, 0.25) is 10.0 Å². The van der Waals surface area contributed by atoms with E-state index in [-0.39, 0.29) is 0 Å². The number of nitrogens with zero attached hydrogens (tertiary/aromatic N) is 3. The summed E-state index contributed by atoms with van der Waals surface area (Å²) in [6.45, 7) is 4.77. The highest BCUT2D eigenvalue weighted by Gasteiger charge is 2.29. The third-order valence-corrected chi connectivity index (χ3v) is 5.19.